The Morgan fingerprint density at radius 1 is 1.77 bits per heavy atom. The molecule has 4 heteroatoms. The molecule has 0 aliphatic rings. The topological polar surface area (TPSA) is 55.1 Å². The zero-order chi connectivity index (χ0) is 9.84. The number of carbonyl (C=O) groups is 1. The van der Waals surface area contributed by atoms with Crippen LogP contribution >= 0.6 is 0 Å². The Labute approximate surface area is 77.2 Å². The average Bonchev–Trinajstić information content (AvgIpc) is 2.47. The first-order valence-corrected chi connectivity index (χ1v) is 4.32. The van der Waals surface area contributed by atoms with Crippen molar-refractivity contribution in [3.8, 4) is 0 Å². The molecule has 0 aromatic carbocycles. The van der Waals surface area contributed by atoms with Crippen LogP contribution in [-0.4, -0.2) is 26.8 Å². The predicted molar refractivity (Wildman–Crippen MR) is 48.5 cm³/mol. The van der Waals surface area contributed by atoms with Gasteiger partial charge in [0.1, 0.15) is 5.69 Å². The van der Waals surface area contributed by atoms with Crippen LogP contribution in [0.5, 0.6) is 0 Å². The molecule has 1 aromatic rings. The fourth-order valence-corrected chi connectivity index (χ4v) is 1.12. The number of aliphatic hydroxyl groups excluding tert-OH is 1. The van der Waals surface area contributed by atoms with Gasteiger partial charge >= 0.3 is 0 Å². The minimum atomic E-state index is -0.357. The van der Waals surface area contributed by atoms with Crippen molar-refractivity contribution in [2.24, 2.45) is 0 Å². The summed E-state index contributed by atoms with van der Waals surface area (Å²) in [4.78, 5) is 11.0. The molecule has 0 aliphatic carbocycles. The third-order valence-corrected chi connectivity index (χ3v) is 1.84. The molecule has 0 saturated heterocycles. The van der Waals surface area contributed by atoms with Gasteiger partial charge in [0.15, 0.2) is 5.78 Å². The monoisotopic (exact) mass is 182 g/mol. The second-order valence-electron chi connectivity index (χ2n) is 3.13. The molecular formula is C9H14N2O2. The molecule has 0 radical (unpaired) electrons. The van der Waals surface area contributed by atoms with Gasteiger partial charge < -0.3 is 5.11 Å². The summed E-state index contributed by atoms with van der Waals surface area (Å²) in [7, 11) is 0. The first-order chi connectivity index (χ1) is 6.11. The van der Waals surface area contributed by atoms with Gasteiger partial charge in [-0.1, -0.05) is 0 Å². The van der Waals surface area contributed by atoms with Crippen molar-refractivity contribution in [1.82, 2.24) is 9.78 Å². The van der Waals surface area contributed by atoms with Crippen LogP contribution in [0.1, 0.15) is 30.8 Å². The minimum Gasteiger partial charge on any atom is -0.393 e. The zero-order valence-electron chi connectivity index (χ0n) is 7.90. The number of hydrogen-bond donors (Lipinski definition) is 1. The van der Waals surface area contributed by atoms with Gasteiger partial charge in [-0.05, 0) is 19.4 Å². The Balaban J connectivity index is 2.65. The summed E-state index contributed by atoms with van der Waals surface area (Å²) in [6, 6.07) is 1.68. The highest BCUT2D eigenvalue weighted by Gasteiger charge is 2.07. The molecule has 1 heterocycles. The van der Waals surface area contributed by atoms with Gasteiger partial charge in [-0.15, -0.1) is 0 Å². The lowest BCUT2D eigenvalue weighted by Gasteiger charge is -2.06. The zero-order valence-corrected chi connectivity index (χ0v) is 7.90. The van der Waals surface area contributed by atoms with E-state index >= 15 is 0 Å². The molecule has 72 valence electrons. The van der Waals surface area contributed by atoms with Crippen molar-refractivity contribution in [3.63, 3.8) is 0 Å². The van der Waals surface area contributed by atoms with Crippen LogP contribution in [0.15, 0.2) is 12.3 Å². The number of nitrogens with zero attached hydrogens (tertiary/aromatic N) is 2. The Bertz CT molecular complexity index is 292. The van der Waals surface area contributed by atoms with E-state index in [1.807, 2.05) is 0 Å². The fourth-order valence-electron chi connectivity index (χ4n) is 1.12. The fraction of sp³-hybridized carbons (Fsp3) is 0.556. The first-order valence-electron chi connectivity index (χ1n) is 4.32. The van der Waals surface area contributed by atoms with E-state index in [9.17, 15) is 4.79 Å². The van der Waals surface area contributed by atoms with Crippen molar-refractivity contribution >= 4 is 5.78 Å². The van der Waals surface area contributed by atoms with Crippen molar-refractivity contribution in [2.75, 3.05) is 0 Å². The third-order valence-electron chi connectivity index (χ3n) is 1.84. The van der Waals surface area contributed by atoms with E-state index in [1.165, 1.54) is 6.92 Å². The van der Waals surface area contributed by atoms with Crippen LogP contribution < -0.4 is 0 Å². The standard InChI is InChI=1S/C9H14N2O2/c1-7(12)4-6-11-9(8(2)13)3-5-10-11/h3,5,7,12H,4,6H2,1-2H3. The number of aromatic nitrogens is 2. The Morgan fingerprint density at radius 3 is 3.00 bits per heavy atom. The Kier molecular flexibility index (Phi) is 3.19. The molecule has 1 atom stereocenters. The highest BCUT2D eigenvalue weighted by Crippen LogP contribution is 2.02. The van der Waals surface area contributed by atoms with Crippen LogP contribution in [0.2, 0.25) is 0 Å². The van der Waals surface area contributed by atoms with Gasteiger partial charge in [0.2, 0.25) is 0 Å². The van der Waals surface area contributed by atoms with Gasteiger partial charge in [-0.3, -0.25) is 9.48 Å². The SMILES string of the molecule is CC(=O)c1ccnn1CCC(C)O. The van der Waals surface area contributed by atoms with Crippen molar-refractivity contribution in [2.45, 2.75) is 32.9 Å². The Hall–Kier alpha value is -1.16. The molecule has 0 bridgehead atoms. The van der Waals surface area contributed by atoms with E-state index in [1.54, 1.807) is 23.9 Å². The number of aliphatic hydroxyl groups is 1. The van der Waals surface area contributed by atoms with Crippen LogP contribution in [-0.2, 0) is 6.54 Å². The molecule has 0 amide bonds. The molecule has 0 fully saturated rings. The van der Waals surface area contributed by atoms with E-state index in [0.717, 1.165) is 0 Å². The van der Waals surface area contributed by atoms with Gasteiger partial charge in [0, 0.05) is 19.7 Å². The van der Waals surface area contributed by atoms with E-state index in [2.05, 4.69) is 5.10 Å². The summed E-state index contributed by atoms with van der Waals surface area (Å²) in [6.07, 6.45) is 1.85. The average molecular weight is 182 g/mol. The first kappa shape index (κ1) is 9.92. The lowest BCUT2D eigenvalue weighted by Crippen LogP contribution is -2.12. The van der Waals surface area contributed by atoms with Crippen LogP contribution in [0.4, 0.5) is 0 Å². The second kappa shape index (κ2) is 4.18. The van der Waals surface area contributed by atoms with E-state index in [-0.39, 0.29) is 11.9 Å². The molecule has 0 aliphatic heterocycles. The summed E-state index contributed by atoms with van der Waals surface area (Å²) in [5.74, 6) is 0.00286. The summed E-state index contributed by atoms with van der Waals surface area (Å²) >= 11 is 0. The largest absolute Gasteiger partial charge is 0.393 e. The second-order valence-corrected chi connectivity index (χ2v) is 3.13. The maximum atomic E-state index is 11.0. The minimum absolute atomic E-state index is 0.00286. The van der Waals surface area contributed by atoms with Crippen molar-refractivity contribution < 1.29 is 9.90 Å². The van der Waals surface area contributed by atoms with Gasteiger partial charge in [0.25, 0.3) is 0 Å². The quantitative estimate of drug-likeness (QED) is 0.702. The third kappa shape index (κ3) is 2.66. The molecule has 13 heavy (non-hydrogen) atoms. The van der Waals surface area contributed by atoms with E-state index in [0.29, 0.717) is 18.7 Å². The maximum Gasteiger partial charge on any atom is 0.177 e. The smallest absolute Gasteiger partial charge is 0.177 e. The highest BCUT2D eigenvalue weighted by atomic mass is 16.3. The lowest BCUT2D eigenvalue weighted by atomic mass is 10.2. The summed E-state index contributed by atoms with van der Waals surface area (Å²) in [6.45, 7) is 3.81. The lowest BCUT2D eigenvalue weighted by molar-refractivity contribution is 0.1000. The molecule has 0 spiro atoms. The van der Waals surface area contributed by atoms with E-state index in [4.69, 9.17) is 5.11 Å². The predicted octanol–water partition coefficient (Wildman–Crippen LogP) is 0.857. The maximum absolute atomic E-state index is 11.0. The number of aryl methyl sites for hydroxylation is 1. The molecule has 1 N–H and O–H groups in total. The molecule has 1 unspecified atom stereocenters. The van der Waals surface area contributed by atoms with Crippen molar-refractivity contribution in [1.29, 1.82) is 0 Å². The van der Waals surface area contributed by atoms with Gasteiger partial charge in [-0.2, -0.15) is 5.10 Å². The number of rotatable bonds is 4. The summed E-state index contributed by atoms with van der Waals surface area (Å²) < 4.78 is 1.62. The Morgan fingerprint density at radius 2 is 2.46 bits per heavy atom. The van der Waals surface area contributed by atoms with Gasteiger partial charge in [0.05, 0.1) is 6.10 Å². The molecule has 0 saturated carbocycles. The molecule has 1 rings (SSSR count). The number of Topliss-reactive ketones (excluding diaryl/α,β-unsaturated/α-hetero) is 1. The number of hydrogen-bond acceptors (Lipinski definition) is 3. The number of ketones is 1. The molecular weight excluding hydrogens is 168 g/mol. The summed E-state index contributed by atoms with van der Waals surface area (Å²) in [5.41, 5.74) is 0.598. The van der Waals surface area contributed by atoms with Crippen LogP contribution in [0, 0.1) is 0 Å². The van der Waals surface area contributed by atoms with Crippen LogP contribution in [0.25, 0.3) is 0 Å². The summed E-state index contributed by atoms with van der Waals surface area (Å²) in [5, 5.41) is 13.0. The molecule has 1 aromatic heterocycles. The van der Waals surface area contributed by atoms with E-state index < -0.39 is 0 Å². The highest BCUT2D eigenvalue weighted by molar-refractivity contribution is 5.92. The number of carbonyl (C=O) groups excluding carboxylic acids is 1. The van der Waals surface area contributed by atoms with Gasteiger partial charge in [-0.25, -0.2) is 0 Å². The molecule has 4 nitrogen and oxygen atoms in total. The van der Waals surface area contributed by atoms with Crippen molar-refractivity contribution in [3.05, 3.63) is 18.0 Å². The normalized spacial score (nSPS) is 12.8. The van der Waals surface area contributed by atoms with Crippen LogP contribution in [0.3, 0.4) is 0 Å².